The van der Waals surface area contributed by atoms with Crippen molar-refractivity contribution in [3.8, 4) is 6.07 Å². The summed E-state index contributed by atoms with van der Waals surface area (Å²) in [5.41, 5.74) is 2.35. The maximum absolute atomic E-state index is 11.3. The number of piperidine rings is 1. The first kappa shape index (κ1) is 19.5. The third-order valence-electron chi connectivity index (χ3n) is 5.67. The highest BCUT2D eigenvalue weighted by Gasteiger charge is 2.37. The Kier molecular flexibility index (Phi) is 7.01. The number of benzene rings is 1. The fourth-order valence-electron chi connectivity index (χ4n) is 3.82. The van der Waals surface area contributed by atoms with Crippen LogP contribution in [0.1, 0.15) is 58.4 Å². The first-order valence-corrected chi connectivity index (χ1v) is 9.43. The average Bonchev–Trinajstić information content (AvgIpc) is 2.57. The van der Waals surface area contributed by atoms with Gasteiger partial charge in [-0.2, -0.15) is 5.26 Å². The van der Waals surface area contributed by atoms with Crippen molar-refractivity contribution in [2.24, 2.45) is 5.92 Å². The highest BCUT2D eigenvalue weighted by molar-refractivity contribution is 5.88. The van der Waals surface area contributed by atoms with Gasteiger partial charge in [0.05, 0.1) is 6.07 Å². The first-order chi connectivity index (χ1) is 12.0. The quantitative estimate of drug-likeness (QED) is 0.751. The lowest BCUT2D eigenvalue weighted by atomic mass is 9.68. The Labute approximate surface area is 152 Å². The van der Waals surface area contributed by atoms with Crippen LogP contribution in [-0.2, 0) is 10.2 Å². The van der Waals surface area contributed by atoms with Crippen LogP contribution in [0.2, 0.25) is 0 Å². The topological polar surface area (TPSA) is 56.1 Å². The second-order valence-electron chi connectivity index (χ2n) is 7.60. The molecule has 1 aromatic rings. The summed E-state index contributed by atoms with van der Waals surface area (Å²) in [6.45, 7) is 9.61. The summed E-state index contributed by atoms with van der Waals surface area (Å²) < 4.78 is 0. The second-order valence-corrected chi connectivity index (χ2v) is 7.60. The van der Waals surface area contributed by atoms with E-state index < -0.39 is 0 Å². The molecule has 2 rings (SSSR count). The highest BCUT2D eigenvalue weighted by atomic mass is 16.1. The summed E-state index contributed by atoms with van der Waals surface area (Å²) in [5.74, 6) is 0.537. The number of amides is 1. The van der Waals surface area contributed by atoms with E-state index in [1.807, 2.05) is 12.1 Å². The van der Waals surface area contributed by atoms with Crippen LogP contribution in [0.15, 0.2) is 24.3 Å². The molecule has 0 spiro atoms. The van der Waals surface area contributed by atoms with E-state index in [4.69, 9.17) is 5.26 Å². The number of unbranched alkanes of at least 4 members (excludes halogenated alkanes) is 3. The van der Waals surface area contributed by atoms with Crippen LogP contribution >= 0.6 is 0 Å². The highest BCUT2D eigenvalue weighted by Crippen LogP contribution is 2.40. The van der Waals surface area contributed by atoms with E-state index in [-0.39, 0.29) is 11.3 Å². The number of nitrogens with zero attached hydrogens (tertiary/aromatic N) is 2. The van der Waals surface area contributed by atoms with Gasteiger partial charge in [0, 0.05) is 25.6 Å². The summed E-state index contributed by atoms with van der Waals surface area (Å²) in [6.07, 6.45) is 5.17. The SMILES string of the molecule is CC(=O)Nc1cccc(C2(C)CCN(CCCCCC#N)CC2C)c1. The summed E-state index contributed by atoms with van der Waals surface area (Å²) in [4.78, 5) is 13.9. The van der Waals surface area contributed by atoms with Gasteiger partial charge in [-0.25, -0.2) is 0 Å². The van der Waals surface area contributed by atoms with Crippen LogP contribution in [0.5, 0.6) is 0 Å². The lowest BCUT2D eigenvalue weighted by molar-refractivity contribution is -0.114. The van der Waals surface area contributed by atoms with E-state index in [0.717, 1.165) is 44.6 Å². The Morgan fingerprint density at radius 1 is 1.40 bits per heavy atom. The van der Waals surface area contributed by atoms with E-state index in [2.05, 4.69) is 42.3 Å². The molecule has 1 saturated heterocycles. The van der Waals surface area contributed by atoms with Gasteiger partial charge in [-0.05, 0) is 61.4 Å². The lowest BCUT2D eigenvalue weighted by Crippen LogP contribution is -2.47. The zero-order valence-electron chi connectivity index (χ0n) is 15.8. The predicted octanol–water partition coefficient (Wildman–Crippen LogP) is 4.33. The summed E-state index contributed by atoms with van der Waals surface area (Å²) in [6, 6.07) is 10.5. The first-order valence-electron chi connectivity index (χ1n) is 9.43. The molecular formula is C21H31N3O. The smallest absolute Gasteiger partial charge is 0.221 e. The third-order valence-corrected chi connectivity index (χ3v) is 5.67. The largest absolute Gasteiger partial charge is 0.326 e. The van der Waals surface area contributed by atoms with Crippen molar-refractivity contribution >= 4 is 11.6 Å². The van der Waals surface area contributed by atoms with E-state index in [1.165, 1.54) is 12.0 Å². The van der Waals surface area contributed by atoms with Crippen LogP contribution in [0.4, 0.5) is 5.69 Å². The van der Waals surface area contributed by atoms with Crippen molar-refractivity contribution in [1.82, 2.24) is 4.90 Å². The molecule has 25 heavy (non-hydrogen) atoms. The Balaban J connectivity index is 1.95. The van der Waals surface area contributed by atoms with Crippen LogP contribution in [0.3, 0.4) is 0 Å². The van der Waals surface area contributed by atoms with Crippen LogP contribution in [0.25, 0.3) is 0 Å². The molecule has 1 aromatic carbocycles. The van der Waals surface area contributed by atoms with Crippen molar-refractivity contribution in [1.29, 1.82) is 5.26 Å². The van der Waals surface area contributed by atoms with Crippen molar-refractivity contribution in [2.75, 3.05) is 25.0 Å². The van der Waals surface area contributed by atoms with Gasteiger partial charge in [-0.1, -0.05) is 32.4 Å². The maximum Gasteiger partial charge on any atom is 0.221 e. The molecule has 2 atom stereocenters. The fourth-order valence-corrected chi connectivity index (χ4v) is 3.82. The van der Waals surface area contributed by atoms with Crippen molar-refractivity contribution in [3.05, 3.63) is 29.8 Å². The molecule has 1 N–H and O–H groups in total. The molecule has 0 radical (unpaired) electrons. The molecule has 0 aliphatic carbocycles. The van der Waals surface area contributed by atoms with Crippen LogP contribution in [0, 0.1) is 17.2 Å². The maximum atomic E-state index is 11.3. The minimum atomic E-state index is -0.0263. The van der Waals surface area contributed by atoms with E-state index in [1.54, 1.807) is 6.92 Å². The van der Waals surface area contributed by atoms with Gasteiger partial charge in [0.25, 0.3) is 0 Å². The minimum absolute atomic E-state index is 0.0263. The number of anilines is 1. The molecule has 4 heteroatoms. The number of carbonyl (C=O) groups is 1. The van der Waals surface area contributed by atoms with E-state index in [0.29, 0.717) is 12.3 Å². The van der Waals surface area contributed by atoms with E-state index >= 15 is 0 Å². The second kappa shape index (κ2) is 9.01. The molecule has 1 aliphatic heterocycles. The molecule has 1 amide bonds. The lowest BCUT2D eigenvalue weighted by Gasteiger charge is -2.45. The molecule has 1 fully saturated rings. The summed E-state index contributed by atoms with van der Waals surface area (Å²) in [5, 5.41) is 11.5. The zero-order chi connectivity index (χ0) is 18.3. The molecule has 0 bridgehead atoms. The molecule has 0 aromatic heterocycles. The minimum Gasteiger partial charge on any atom is -0.326 e. The number of nitrogens with one attached hydrogen (secondary N) is 1. The number of carbonyl (C=O) groups excluding carboxylic acids is 1. The van der Waals surface area contributed by atoms with Gasteiger partial charge in [-0.3, -0.25) is 4.79 Å². The van der Waals surface area contributed by atoms with Gasteiger partial charge < -0.3 is 10.2 Å². The number of hydrogen-bond donors (Lipinski definition) is 1. The molecule has 136 valence electrons. The standard InChI is InChI=1S/C21H31N3O/c1-17-16-24(13-7-5-4-6-12-22)14-11-21(17,3)19-9-8-10-20(15-19)23-18(2)25/h8-10,15,17H,4-7,11,13-14,16H2,1-3H3,(H,23,25). The zero-order valence-corrected chi connectivity index (χ0v) is 15.8. The number of nitriles is 1. The Morgan fingerprint density at radius 3 is 2.88 bits per heavy atom. The fraction of sp³-hybridized carbons (Fsp3) is 0.619. The van der Waals surface area contributed by atoms with Crippen LogP contribution in [-0.4, -0.2) is 30.4 Å². The Hall–Kier alpha value is -1.86. The van der Waals surface area contributed by atoms with Gasteiger partial charge in [0.2, 0.25) is 5.91 Å². The monoisotopic (exact) mass is 341 g/mol. The van der Waals surface area contributed by atoms with Crippen molar-refractivity contribution < 1.29 is 4.79 Å². The number of hydrogen-bond acceptors (Lipinski definition) is 3. The number of rotatable bonds is 7. The third kappa shape index (κ3) is 5.31. The summed E-state index contributed by atoms with van der Waals surface area (Å²) in [7, 11) is 0. The molecular weight excluding hydrogens is 310 g/mol. The van der Waals surface area contributed by atoms with Crippen molar-refractivity contribution in [2.45, 2.75) is 58.3 Å². The number of likely N-dealkylation sites (tertiary alicyclic amines) is 1. The van der Waals surface area contributed by atoms with Gasteiger partial charge in [-0.15, -0.1) is 0 Å². The Morgan fingerprint density at radius 2 is 2.20 bits per heavy atom. The van der Waals surface area contributed by atoms with Gasteiger partial charge in [0.15, 0.2) is 0 Å². The van der Waals surface area contributed by atoms with Crippen LogP contribution < -0.4 is 5.32 Å². The van der Waals surface area contributed by atoms with Crippen molar-refractivity contribution in [3.63, 3.8) is 0 Å². The molecule has 1 heterocycles. The molecule has 0 saturated carbocycles. The predicted molar refractivity (Wildman–Crippen MR) is 102 cm³/mol. The van der Waals surface area contributed by atoms with Gasteiger partial charge >= 0.3 is 0 Å². The summed E-state index contributed by atoms with van der Waals surface area (Å²) >= 11 is 0. The Bertz CT molecular complexity index is 622. The normalized spacial score (nSPS) is 23.8. The van der Waals surface area contributed by atoms with Gasteiger partial charge in [0.1, 0.15) is 0 Å². The van der Waals surface area contributed by atoms with E-state index in [9.17, 15) is 4.79 Å². The molecule has 4 nitrogen and oxygen atoms in total. The average molecular weight is 341 g/mol. The molecule has 1 aliphatic rings. The molecule has 2 unspecified atom stereocenters.